The van der Waals surface area contributed by atoms with Crippen LogP contribution in [0.4, 0.5) is 0 Å². The Hall–Kier alpha value is -1.34. The van der Waals surface area contributed by atoms with Crippen molar-refractivity contribution in [2.24, 2.45) is 5.92 Å². The van der Waals surface area contributed by atoms with Gasteiger partial charge in [-0.25, -0.2) is 8.42 Å². The molecule has 6 nitrogen and oxygen atoms in total. The zero-order valence-electron chi connectivity index (χ0n) is 12.6. The van der Waals surface area contributed by atoms with Gasteiger partial charge in [0.2, 0.25) is 10.0 Å². The van der Waals surface area contributed by atoms with Gasteiger partial charge >= 0.3 is 0 Å². The average Bonchev–Trinajstić information content (AvgIpc) is 3.19. The molecule has 0 aromatic carbocycles. The third-order valence-corrected chi connectivity index (χ3v) is 6.65. The van der Waals surface area contributed by atoms with Crippen LogP contribution in [0.1, 0.15) is 36.0 Å². The monoisotopic (exact) mass is 326 g/mol. The first-order valence-electron chi connectivity index (χ1n) is 7.85. The number of nitrogens with zero attached hydrogens (tertiary/aromatic N) is 2. The van der Waals surface area contributed by atoms with Crippen molar-refractivity contribution in [2.45, 2.75) is 25.7 Å². The minimum Gasteiger partial charge on any atom is -0.472 e. The fraction of sp³-hybridized carbons (Fsp3) is 0.667. The third kappa shape index (κ3) is 3.35. The van der Waals surface area contributed by atoms with Gasteiger partial charge in [0.15, 0.2) is 0 Å². The molecule has 0 radical (unpaired) electrons. The third-order valence-electron chi connectivity index (χ3n) is 4.61. The van der Waals surface area contributed by atoms with Crippen molar-refractivity contribution in [1.29, 1.82) is 0 Å². The van der Waals surface area contributed by atoms with Crippen LogP contribution < -0.4 is 0 Å². The van der Waals surface area contributed by atoms with E-state index in [1.54, 1.807) is 15.3 Å². The van der Waals surface area contributed by atoms with E-state index in [1.165, 1.54) is 12.5 Å². The van der Waals surface area contributed by atoms with Gasteiger partial charge in [0.1, 0.15) is 6.26 Å². The molecule has 2 fully saturated rings. The molecule has 1 saturated carbocycles. The van der Waals surface area contributed by atoms with E-state index in [0.717, 1.165) is 25.7 Å². The molecule has 1 aromatic heterocycles. The predicted octanol–water partition coefficient (Wildman–Crippen LogP) is 1.56. The molecule has 1 aliphatic heterocycles. The Balaban J connectivity index is 1.55. The number of carbonyl (C=O) groups is 1. The molecular formula is C15H22N2O4S. The first-order chi connectivity index (χ1) is 10.6. The molecule has 0 spiro atoms. The zero-order chi connectivity index (χ0) is 15.6. The van der Waals surface area contributed by atoms with Crippen molar-refractivity contribution in [2.75, 3.05) is 31.9 Å². The Labute approximate surface area is 131 Å². The van der Waals surface area contributed by atoms with Crippen molar-refractivity contribution in [1.82, 2.24) is 9.21 Å². The number of hydrogen-bond acceptors (Lipinski definition) is 4. The molecule has 0 N–H and O–H groups in total. The standard InChI is InChI=1S/C15H22N2O4S/c18-15(14-5-10-21-11-14)16-6-8-17(9-7-16)22(19,20)12-13-3-1-2-4-13/h5,10-11,13H,1-4,6-9,12H2. The number of carbonyl (C=O) groups excluding carboxylic acids is 1. The van der Waals surface area contributed by atoms with Gasteiger partial charge in [-0.2, -0.15) is 4.31 Å². The summed E-state index contributed by atoms with van der Waals surface area (Å²) in [4.78, 5) is 13.9. The summed E-state index contributed by atoms with van der Waals surface area (Å²) < 4.78 is 31.4. The van der Waals surface area contributed by atoms with Gasteiger partial charge in [-0.3, -0.25) is 4.79 Å². The van der Waals surface area contributed by atoms with Gasteiger partial charge in [-0.1, -0.05) is 12.8 Å². The van der Waals surface area contributed by atoms with E-state index in [9.17, 15) is 13.2 Å². The number of rotatable bonds is 4. The molecule has 1 aliphatic carbocycles. The minimum atomic E-state index is -3.19. The largest absolute Gasteiger partial charge is 0.472 e. The summed E-state index contributed by atoms with van der Waals surface area (Å²) in [5.74, 6) is 0.486. The maximum absolute atomic E-state index is 12.5. The van der Waals surface area contributed by atoms with Crippen LogP contribution in [-0.4, -0.2) is 55.5 Å². The second-order valence-electron chi connectivity index (χ2n) is 6.13. The maximum Gasteiger partial charge on any atom is 0.257 e. The number of hydrogen-bond donors (Lipinski definition) is 0. The first-order valence-corrected chi connectivity index (χ1v) is 9.46. The Bertz CT molecular complexity index is 597. The van der Waals surface area contributed by atoms with E-state index < -0.39 is 10.0 Å². The van der Waals surface area contributed by atoms with E-state index in [-0.39, 0.29) is 11.7 Å². The summed E-state index contributed by atoms with van der Waals surface area (Å²) >= 11 is 0. The van der Waals surface area contributed by atoms with Crippen LogP contribution in [-0.2, 0) is 10.0 Å². The van der Waals surface area contributed by atoms with Gasteiger partial charge in [0.25, 0.3) is 5.91 Å². The Morgan fingerprint density at radius 2 is 1.86 bits per heavy atom. The van der Waals surface area contributed by atoms with Crippen LogP contribution in [0.15, 0.2) is 23.0 Å². The van der Waals surface area contributed by atoms with E-state index in [4.69, 9.17) is 4.42 Å². The fourth-order valence-electron chi connectivity index (χ4n) is 3.32. The van der Waals surface area contributed by atoms with Crippen molar-refractivity contribution in [3.8, 4) is 0 Å². The summed E-state index contributed by atoms with van der Waals surface area (Å²) in [6, 6.07) is 1.63. The molecule has 7 heteroatoms. The second kappa shape index (κ2) is 6.42. The van der Waals surface area contributed by atoms with Crippen LogP contribution in [0, 0.1) is 5.92 Å². The summed E-state index contributed by atoms with van der Waals surface area (Å²) in [6.45, 7) is 1.65. The number of piperazine rings is 1. The lowest BCUT2D eigenvalue weighted by Crippen LogP contribution is -2.51. The summed E-state index contributed by atoms with van der Waals surface area (Å²) in [7, 11) is -3.19. The lowest BCUT2D eigenvalue weighted by molar-refractivity contribution is 0.0697. The van der Waals surface area contributed by atoms with Crippen molar-refractivity contribution in [3.63, 3.8) is 0 Å². The van der Waals surface area contributed by atoms with E-state index >= 15 is 0 Å². The van der Waals surface area contributed by atoms with Gasteiger partial charge in [0, 0.05) is 26.2 Å². The molecule has 0 bridgehead atoms. The summed E-state index contributed by atoms with van der Waals surface area (Å²) in [5, 5.41) is 0. The maximum atomic E-state index is 12.5. The molecular weight excluding hydrogens is 304 g/mol. The molecule has 2 aliphatic rings. The molecule has 122 valence electrons. The zero-order valence-corrected chi connectivity index (χ0v) is 13.4. The highest BCUT2D eigenvalue weighted by Gasteiger charge is 2.32. The highest BCUT2D eigenvalue weighted by atomic mass is 32.2. The minimum absolute atomic E-state index is 0.0957. The average molecular weight is 326 g/mol. The van der Waals surface area contributed by atoms with E-state index in [2.05, 4.69) is 0 Å². The molecule has 2 heterocycles. The van der Waals surface area contributed by atoms with Crippen LogP contribution in [0.25, 0.3) is 0 Å². The highest BCUT2D eigenvalue weighted by molar-refractivity contribution is 7.89. The van der Waals surface area contributed by atoms with Gasteiger partial charge in [-0.05, 0) is 24.8 Å². The Morgan fingerprint density at radius 3 is 2.45 bits per heavy atom. The van der Waals surface area contributed by atoms with Crippen molar-refractivity contribution in [3.05, 3.63) is 24.2 Å². The molecule has 3 rings (SSSR count). The lowest BCUT2D eigenvalue weighted by Gasteiger charge is -2.34. The SMILES string of the molecule is O=C(c1ccoc1)N1CCN(S(=O)(=O)CC2CCCC2)CC1. The van der Waals surface area contributed by atoms with Gasteiger partial charge in [0.05, 0.1) is 17.6 Å². The number of sulfonamides is 1. The normalized spacial score (nSPS) is 21.4. The van der Waals surface area contributed by atoms with Crippen molar-refractivity contribution >= 4 is 15.9 Å². The first kappa shape index (κ1) is 15.6. The topological polar surface area (TPSA) is 70.8 Å². The Kier molecular flexibility index (Phi) is 4.54. The van der Waals surface area contributed by atoms with Crippen molar-refractivity contribution < 1.29 is 17.6 Å². The smallest absolute Gasteiger partial charge is 0.257 e. The number of furan rings is 1. The van der Waals surface area contributed by atoms with E-state index in [0.29, 0.717) is 37.7 Å². The van der Waals surface area contributed by atoms with Gasteiger partial charge in [-0.15, -0.1) is 0 Å². The second-order valence-corrected chi connectivity index (χ2v) is 8.15. The molecule has 22 heavy (non-hydrogen) atoms. The van der Waals surface area contributed by atoms with Gasteiger partial charge < -0.3 is 9.32 Å². The molecule has 0 atom stereocenters. The van der Waals surface area contributed by atoms with Crippen LogP contribution in [0.5, 0.6) is 0 Å². The molecule has 1 amide bonds. The molecule has 1 saturated heterocycles. The summed E-state index contributed by atoms with van der Waals surface area (Å²) in [5.41, 5.74) is 0.516. The number of amides is 1. The van der Waals surface area contributed by atoms with Crippen LogP contribution in [0.2, 0.25) is 0 Å². The quantitative estimate of drug-likeness (QED) is 0.842. The Morgan fingerprint density at radius 1 is 1.18 bits per heavy atom. The van der Waals surface area contributed by atoms with Crippen LogP contribution >= 0.6 is 0 Å². The highest BCUT2D eigenvalue weighted by Crippen LogP contribution is 2.27. The summed E-state index contributed by atoms with van der Waals surface area (Å²) in [6.07, 6.45) is 7.23. The molecule has 1 aromatic rings. The van der Waals surface area contributed by atoms with E-state index in [1.807, 2.05) is 0 Å². The lowest BCUT2D eigenvalue weighted by atomic mass is 10.1. The van der Waals surface area contributed by atoms with Crippen LogP contribution in [0.3, 0.4) is 0 Å². The fourth-order valence-corrected chi connectivity index (χ4v) is 5.18. The molecule has 0 unspecified atom stereocenters. The predicted molar refractivity (Wildman–Crippen MR) is 81.9 cm³/mol.